The van der Waals surface area contributed by atoms with Gasteiger partial charge in [-0.2, -0.15) is 0 Å². The largest absolute Gasteiger partial charge is 0.375 e. The van der Waals surface area contributed by atoms with E-state index in [1.165, 1.54) is 19.3 Å². The van der Waals surface area contributed by atoms with Gasteiger partial charge in [0.15, 0.2) is 0 Å². The summed E-state index contributed by atoms with van der Waals surface area (Å²) in [7, 11) is 0. The molecule has 4 nitrogen and oxygen atoms in total. The molecule has 0 bridgehead atoms. The van der Waals surface area contributed by atoms with Gasteiger partial charge in [-0.05, 0) is 46.0 Å². The Hall–Kier alpha value is -0.610. The number of hydrogen-bond donors (Lipinski definition) is 2. The van der Waals surface area contributed by atoms with Gasteiger partial charge in [0, 0.05) is 24.6 Å². The number of nitrogens with one attached hydrogen (secondary N) is 1. The maximum Gasteiger partial charge on any atom is 0.219 e. The molecule has 1 heterocycles. The molecule has 4 heteroatoms. The molecule has 1 aliphatic heterocycles. The standard InChI is InChI=1S/C13H24N2O2/c1-12(2,9-11(14)16)15-10-4-7-17-13(8-10)5-3-6-13/h10,15H,3-9H2,1-2H3,(H2,14,16). The Kier molecular flexibility index (Phi) is 3.46. The molecule has 1 atom stereocenters. The van der Waals surface area contributed by atoms with Crippen LogP contribution < -0.4 is 11.1 Å². The fraction of sp³-hybridized carbons (Fsp3) is 0.923. The van der Waals surface area contributed by atoms with E-state index < -0.39 is 0 Å². The zero-order chi connectivity index (χ0) is 12.5. The normalized spacial score (nSPS) is 27.8. The van der Waals surface area contributed by atoms with E-state index in [2.05, 4.69) is 5.32 Å². The van der Waals surface area contributed by atoms with Crippen molar-refractivity contribution in [3.63, 3.8) is 0 Å². The average molecular weight is 240 g/mol. The van der Waals surface area contributed by atoms with E-state index in [9.17, 15) is 4.79 Å². The van der Waals surface area contributed by atoms with Crippen molar-refractivity contribution in [2.75, 3.05) is 6.61 Å². The van der Waals surface area contributed by atoms with E-state index in [4.69, 9.17) is 10.5 Å². The molecule has 0 radical (unpaired) electrons. The Morgan fingerprint density at radius 2 is 2.24 bits per heavy atom. The van der Waals surface area contributed by atoms with Gasteiger partial charge in [-0.25, -0.2) is 0 Å². The lowest BCUT2D eigenvalue weighted by Gasteiger charge is -2.48. The molecule has 1 unspecified atom stereocenters. The highest BCUT2D eigenvalue weighted by atomic mass is 16.5. The summed E-state index contributed by atoms with van der Waals surface area (Å²) in [5, 5.41) is 3.57. The maximum absolute atomic E-state index is 11.0. The molecule has 2 fully saturated rings. The van der Waals surface area contributed by atoms with Crippen LogP contribution in [0.15, 0.2) is 0 Å². The van der Waals surface area contributed by atoms with Crippen molar-refractivity contribution in [1.29, 1.82) is 0 Å². The second-order valence-electron chi connectivity index (χ2n) is 6.25. The third kappa shape index (κ3) is 3.19. The van der Waals surface area contributed by atoms with Crippen LogP contribution in [0, 0.1) is 0 Å². The summed E-state index contributed by atoms with van der Waals surface area (Å²) < 4.78 is 5.90. The number of ether oxygens (including phenoxy) is 1. The molecule has 1 spiro atoms. The lowest BCUT2D eigenvalue weighted by molar-refractivity contribution is -0.137. The van der Waals surface area contributed by atoms with Gasteiger partial charge in [-0.15, -0.1) is 0 Å². The molecule has 1 aliphatic carbocycles. The molecular formula is C13H24N2O2. The molecule has 1 amide bonds. The molecule has 98 valence electrons. The van der Waals surface area contributed by atoms with Crippen LogP contribution in [0.1, 0.15) is 52.4 Å². The van der Waals surface area contributed by atoms with Gasteiger partial charge in [-0.3, -0.25) is 4.79 Å². The first kappa shape index (κ1) is 12.8. The number of primary amides is 1. The van der Waals surface area contributed by atoms with E-state index >= 15 is 0 Å². The van der Waals surface area contributed by atoms with Gasteiger partial charge in [0.1, 0.15) is 0 Å². The fourth-order valence-corrected chi connectivity index (χ4v) is 3.11. The topological polar surface area (TPSA) is 64.4 Å². The van der Waals surface area contributed by atoms with Gasteiger partial charge in [-0.1, -0.05) is 0 Å². The average Bonchev–Trinajstić information content (AvgIpc) is 2.12. The highest BCUT2D eigenvalue weighted by Crippen LogP contribution is 2.42. The van der Waals surface area contributed by atoms with Crippen LogP contribution in [0.25, 0.3) is 0 Å². The highest BCUT2D eigenvalue weighted by molar-refractivity contribution is 5.75. The van der Waals surface area contributed by atoms with Crippen LogP contribution in [0.2, 0.25) is 0 Å². The minimum Gasteiger partial charge on any atom is -0.375 e. The first-order valence-electron chi connectivity index (χ1n) is 6.61. The van der Waals surface area contributed by atoms with Crippen molar-refractivity contribution >= 4 is 5.91 Å². The summed E-state index contributed by atoms with van der Waals surface area (Å²) in [6.07, 6.45) is 6.18. The number of carbonyl (C=O) groups excluding carboxylic acids is 1. The number of nitrogens with two attached hydrogens (primary N) is 1. The quantitative estimate of drug-likeness (QED) is 0.779. The molecule has 2 rings (SSSR count). The third-order valence-corrected chi connectivity index (χ3v) is 3.97. The van der Waals surface area contributed by atoms with Crippen molar-refractivity contribution in [1.82, 2.24) is 5.32 Å². The summed E-state index contributed by atoms with van der Waals surface area (Å²) in [5.41, 5.74) is 5.21. The number of carbonyl (C=O) groups is 1. The lowest BCUT2D eigenvalue weighted by Crippen LogP contribution is -2.56. The number of rotatable bonds is 4. The van der Waals surface area contributed by atoms with Crippen LogP contribution >= 0.6 is 0 Å². The van der Waals surface area contributed by atoms with Crippen LogP contribution in [0.3, 0.4) is 0 Å². The Balaban J connectivity index is 1.87. The third-order valence-electron chi connectivity index (χ3n) is 3.97. The summed E-state index contributed by atoms with van der Waals surface area (Å²) in [4.78, 5) is 11.0. The summed E-state index contributed by atoms with van der Waals surface area (Å²) in [6, 6.07) is 0.457. The maximum atomic E-state index is 11.0. The van der Waals surface area contributed by atoms with Crippen molar-refractivity contribution in [3.8, 4) is 0 Å². The molecule has 0 aromatic rings. The van der Waals surface area contributed by atoms with Gasteiger partial charge in [0.2, 0.25) is 5.91 Å². The van der Waals surface area contributed by atoms with Gasteiger partial charge < -0.3 is 15.8 Å². The number of hydrogen-bond acceptors (Lipinski definition) is 3. The number of amides is 1. The highest BCUT2D eigenvalue weighted by Gasteiger charge is 2.43. The molecule has 17 heavy (non-hydrogen) atoms. The Labute approximate surface area is 103 Å². The fourth-order valence-electron chi connectivity index (χ4n) is 3.11. The zero-order valence-corrected chi connectivity index (χ0v) is 10.9. The molecule has 1 saturated carbocycles. The summed E-state index contributed by atoms with van der Waals surface area (Å²) in [6.45, 7) is 4.92. The van der Waals surface area contributed by atoms with E-state index in [0.29, 0.717) is 12.5 Å². The summed E-state index contributed by atoms with van der Waals surface area (Å²) >= 11 is 0. The van der Waals surface area contributed by atoms with Gasteiger partial charge in [0.25, 0.3) is 0 Å². The van der Waals surface area contributed by atoms with Crippen molar-refractivity contribution in [2.24, 2.45) is 5.73 Å². The monoisotopic (exact) mass is 240 g/mol. The smallest absolute Gasteiger partial charge is 0.219 e. The predicted octanol–water partition coefficient (Wildman–Crippen LogP) is 1.33. The first-order chi connectivity index (χ1) is 7.91. The molecular weight excluding hydrogens is 216 g/mol. The SMILES string of the molecule is CC(C)(CC(N)=O)NC1CCOC2(CCC2)C1. The van der Waals surface area contributed by atoms with Crippen molar-refractivity contribution in [3.05, 3.63) is 0 Å². The zero-order valence-electron chi connectivity index (χ0n) is 10.9. The second kappa shape index (κ2) is 4.58. The predicted molar refractivity (Wildman–Crippen MR) is 66.6 cm³/mol. The Morgan fingerprint density at radius 3 is 2.76 bits per heavy atom. The first-order valence-corrected chi connectivity index (χ1v) is 6.61. The second-order valence-corrected chi connectivity index (χ2v) is 6.25. The Bertz CT molecular complexity index is 298. The van der Waals surface area contributed by atoms with E-state index in [1.54, 1.807) is 0 Å². The van der Waals surface area contributed by atoms with E-state index in [1.807, 2.05) is 13.8 Å². The molecule has 1 saturated heterocycles. The van der Waals surface area contributed by atoms with Crippen molar-refractivity contribution < 1.29 is 9.53 Å². The van der Waals surface area contributed by atoms with E-state index in [0.717, 1.165) is 19.4 Å². The minimum atomic E-state index is -0.243. The lowest BCUT2D eigenvalue weighted by atomic mass is 9.73. The molecule has 0 aromatic carbocycles. The van der Waals surface area contributed by atoms with Gasteiger partial charge >= 0.3 is 0 Å². The van der Waals surface area contributed by atoms with Gasteiger partial charge in [0.05, 0.1) is 5.60 Å². The van der Waals surface area contributed by atoms with Crippen LogP contribution in [0.4, 0.5) is 0 Å². The molecule has 0 aromatic heterocycles. The Morgan fingerprint density at radius 1 is 1.53 bits per heavy atom. The van der Waals surface area contributed by atoms with E-state index in [-0.39, 0.29) is 17.0 Å². The van der Waals surface area contributed by atoms with Crippen LogP contribution in [-0.4, -0.2) is 29.7 Å². The molecule has 3 N–H and O–H groups in total. The van der Waals surface area contributed by atoms with Crippen LogP contribution in [0.5, 0.6) is 0 Å². The molecule has 2 aliphatic rings. The summed E-state index contributed by atoms with van der Waals surface area (Å²) in [5.74, 6) is -0.243. The minimum absolute atomic E-state index is 0.152. The van der Waals surface area contributed by atoms with Crippen LogP contribution in [-0.2, 0) is 9.53 Å². The van der Waals surface area contributed by atoms with Crippen molar-refractivity contribution in [2.45, 2.75) is 69.6 Å².